The molecule has 0 bridgehead atoms. The van der Waals surface area contributed by atoms with Crippen molar-refractivity contribution in [2.24, 2.45) is 5.92 Å². The van der Waals surface area contributed by atoms with Crippen molar-refractivity contribution in [1.29, 1.82) is 0 Å². The molecule has 1 heterocycles. The highest BCUT2D eigenvalue weighted by Crippen LogP contribution is 2.49. The van der Waals surface area contributed by atoms with Crippen LogP contribution in [0.1, 0.15) is 23.6 Å². The predicted octanol–water partition coefficient (Wildman–Crippen LogP) is 3.28. The van der Waals surface area contributed by atoms with E-state index in [1.807, 2.05) is 30.3 Å². The van der Waals surface area contributed by atoms with Crippen LogP contribution in [0.15, 0.2) is 91.0 Å². The molecule has 1 amide bonds. The summed E-state index contributed by atoms with van der Waals surface area (Å²) in [4.78, 5) is 53.9. The maximum atomic E-state index is 13.7. The maximum absolute atomic E-state index is 13.7. The number of hydrogen-bond acceptors (Lipinski definition) is 7. The zero-order chi connectivity index (χ0) is 27.3. The number of methoxy groups -OCH3 is 2. The van der Waals surface area contributed by atoms with Gasteiger partial charge in [0.25, 0.3) is 0 Å². The second-order valence-corrected chi connectivity index (χ2v) is 8.98. The van der Waals surface area contributed by atoms with Gasteiger partial charge in [-0.05, 0) is 5.56 Å². The molecule has 3 atom stereocenters. The summed E-state index contributed by atoms with van der Waals surface area (Å²) in [5.41, 5.74) is 0.208. The summed E-state index contributed by atoms with van der Waals surface area (Å²) >= 11 is 0. The Morgan fingerprint density at radius 1 is 0.816 bits per heavy atom. The van der Waals surface area contributed by atoms with Gasteiger partial charge in [-0.25, -0.2) is 4.79 Å². The standard InChI is InChI=1S/C30H29NO7/c1-20(32)38-30(22-15-9-5-10-16-22,23-17-11-6-12-18-23)26-25(29(35)37-3)27(33)31(26)24(28(34)36-2)19-21-13-7-4-8-14-21/h4-18,24-26H,19H2,1-3H3/t24-,25-,26+/m0/s1. The van der Waals surface area contributed by atoms with E-state index in [-0.39, 0.29) is 6.42 Å². The van der Waals surface area contributed by atoms with Crippen LogP contribution >= 0.6 is 0 Å². The molecular weight excluding hydrogens is 486 g/mol. The normalized spacial score (nSPS) is 17.7. The average molecular weight is 516 g/mol. The van der Waals surface area contributed by atoms with Crippen LogP contribution in [0.3, 0.4) is 0 Å². The Hall–Kier alpha value is -4.46. The highest BCUT2D eigenvalue weighted by Gasteiger charge is 2.66. The van der Waals surface area contributed by atoms with Crippen molar-refractivity contribution in [2.75, 3.05) is 14.2 Å². The van der Waals surface area contributed by atoms with Crippen LogP contribution < -0.4 is 0 Å². The van der Waals surface area contributed by atoms with E-state index >= 15 is 0 Å². The van der Waals surface area contributed by atoms with Gasteiger partial charge in [0.05, 0.1) is 14.2 Å². The Morgan fingerprint density at radius 3 is 1.76 bits per heavy atom. The molecule has 196 valence electrons. The third kappa shape index (κ3) is 4.77. The molecule has 0 unspecified atom stereocenters. The van der Waals surface area contributed by atoms with Gasteiger partial charge in [-0.2, -0.15) is 0 Å². The first-order valence-electron chi connectivity index (χ1n) is 12.2. The predicted molar refractivity (Wildman–Crippen MR) is 138 cm³/mol. The highest BCUT2D eigenvalue weighted by molar-refractivity contribution is 6.06. The molecule has 1 fully saturated rings. The summed E-state index contributed by atoms with van der Waals surface area (Å²) in [5.74, 6) is -4.02. The second-order valence-electron chi connectivity index (χ2n) is 8.98. The number of β-lactam (4-membered cyclic amide) rings is 1. The van der Waals surface area contributed by atoms with Crippen LogP contribution in [0.25, 0.3) is 0 Å². The van der Waals surface area contributed by atoms with Crippen LogP contribution in [0.5, 0.6) is 0 Å². The van der Waals surface area contributed by atoms with Gasteiger partial charge in [0.1, 0.15) is 12.1 Å². The van der Waals surface area contributed by atoms with Crippen molar-refractivity contribution in [1.82, 2.24) is 4.90 Å². The molecule has 0 aromatic heterocycles. The SMILES string of the molecule is COC(=O)[C@@H]1C(=O)N([C@@H](Cc2ccccc2)C(=O)OC)[C@H]1C(OC(C)=O)(c1ccccc1)c1ccccc1. The molecule has 1 aliphatic heterocycles. The van der Waals surface area contributed by atoms with Crippen molar-refractivity contribution in [2.45, 2.75) is 31.0 Å². The fourth-order valence-electron chi connectivity index (χ4n) is 5.20. The third-order valence-electron chi connectivity index (χ3n) is 6.80. The molecule has 3 aromatic rings. The highest BCUT2D eigenvalue weighted by atomic mass is 16.6. The molecule has 38 heavy (non-hydrogen) atoms. The number of amides is 1. The molecule has 3 aromatic carbocycles. The smallest absolute Gasteiger partial charge is 0.328 e. The first-order chi connectivity index (χ1) is 18.3. The summed E-state index contributed by atoms with van der Waals surface area (Å²) in [7, 11) is 2.43. The van der Waals surface area contributed by atoms with E-state index in [0.29, 0.717) is 11.1 Å². The Kier molecular flexibility index (Phi) is 7.90. The maximum Gasteiger partial charge on any atom is 0.328 e. The number of esters is 3. The van der Waals surface area contributed by atoms with Crippen LogP contribution in [-0.4, -0.2) is 55.0 Å². The van der Waals surface area contributed by atoms with Gasteiger partial charge >= 0.3 is 17.9 Å². The van der Waals surface area contributed by atoms with Crippen molar-refractivity contribution in [3.05, 3.63) is 108 Å². The zero-order valence-electron chi connectivity index (χ0n) is 21.4. The van der Waals surface area contributed by atoms with Gasteiger partial charge in [-0.3, -0.25) is 14.4 Å². The summed E-state index contributed by atoms with van der Waals surface area (Å²) in [5, 5.41) is 0. The zero-order valence-corrected chi connectivity index (χ0v) is 21.4. The molecule has 0 saturated carbocycles. The van der Waals surface area contributed by atoms with Gasteiger partial charge in [0, 0.05) is 24.5 Å². The van der Waals surface area contributed by atoms with Gasteiger partial charge in [-0.15, -0.1) is 0 Å². The Morgan fingerprint density at radius 2 is 1.32 bits per heavy atom. The minimum absolute atomic E-state index is 0.128. The van der Waals surface area contributed by atoms with Crippen LogP contribution in [0.4, 0.5) is 0 Å². The molecule has 4 rings (SSSR count). The molecule has 0 aliphatic carbocycles. The van der Waals surface area contributed by atoms with E-state index < -0.39 is 47.4 Å². The Labute approximate surface area is 221 Å². The monoisotopic (exact) mass is 515 g/mol. The molecule has 0 N–H and O–H groups in total. The van der Waals surface area contributed by atoms with E-state index in [4.69, 9.17) is 14.2 Å². The Bertz CT molecular complexity index is 1250. The number of carbonyl (C=O) groups is 4. The third-order valence-corrected chi connectivity index (χ3v) is 6.80. The lowest BCUT2D eigenvalue weighted by atomic mass is 9.68. The average Bonchev–Trinajstić information content (AvgIpc) is 2.95. The van der Waals surface area contributed by atoms with E-state index in [9.17, 15) is 19.2 Å². The lowest BCUT2D eigenvalue weighted by molar-refractivity contribution is -0.203. The summed E-state index contributed by atoms with van der Waals surface area (Å²) in [6, 6.07) is 24.7. The van der Waals surface area contributed by atoms with Crippen molar-refractivity contribution >= 4 is 23.8 Å². The molecule has 8 nitrogen and oxygen atoms in total. The second kappa shape index (κ2) is 11.3. The topological polar surface area (TPSA) is 99.2 Å². The molecule has 1 saturated heterocycles. The fourth-order valence-corrected chi connectivity index (χ4v) is 5.20. The number of hydrogen-bond donors (Lipinski definition) is 0. The number of likely N-dealkylation sites (tertiary alicyclic amines) is 1. The summed E-state index contributed by atoms with van der Waals surface area (Å²) in [6.45, 7) is 1.26. The van der Waals surface area contributed by atoms with Gasteiger partial charge in [0.2, 0.25) is 5.91 Å². The van der Waals surface area contributed by atoms with E-state index in [1.54, 1.807) is 60.7 Å². The van der Waals surface area contributed by atoms with Crippen LogP contribution in [0.2, 0.25) is 0 Å². The van der Waals surface area contributed by atoms with E-state index in [1.165, 1.54) is 26.0 Å². The number of ether oxygens (including phenoxy) is 3. The molecule has 8 heteroatoms. The number of nitrogens with zero attached hydrogens (tertiary/aromatic N) is 1. The van der Waals surface area contributed by atoms with Crippen molar-refractivity contribution in [3.8, 4) is 0 Å². The number of benzene rings is 3. The molecule has 0 spiro atoms. The summed E-state index contributed by atoms with van der Waals surface area (Å²) in [6.07, 6.45) is 0.128. The first-order valence-corrected chi connectivity index (χ1v) is 12.2. The van der Waals surface area contributed by atoms with Crippen molar-refractivity contribution in [3.63, 3.8) is 0 Å². The molecule has 1 aliphatic rings. The molecule has 0 radical (unpaired) electrons. The minimum atomic E-state index is -1.63. The molecular formula is C30H29NO7. The first kappa shape index (κ1) is 26.6. The Balaban J connectivity index is 1.98. The lowest BCUT2D eigenvalue weighted by Gasteiger charge is -2.56. The van der Waals surface area contributed by atoms with Crippen LogP contribution in [-0.2, 0) is 45.4 Å². The van der Waals surface area contributed by atoms with Gasteiger partial charge in [-0.1, -0.05) is 91.0 Å². The quantitative estimate of drug-likeness (QED) is 0.187. The van der Waals surface area contributed by atoms with Crippen molar-refractivity contribution < 1.29 is 33.4 Å². The van der Waals surface area contributed by atoms with Crippen LogP contribution in [0, 0.1) is 5.92 Å². The summed E-state index contributed by atoms with van der Waals surface area (Å²) < 4.78 is 16.3. The lowest BCUT2D eigenvalue weighted by Crippen LogP contribution is -2.75. The van der Waals surface area contributed by atoms with Gasteiger partial charge in [0.15, 0.2) is 11.5 Å². The number of rotatable bonds is 9. The van der Waals surface area contributed by atoms with Gasteiger partial charge < -0.3 is 19.1 Å². The largest absolute Gasteiger partial charge is 0.468 e. The number of carbonyl (C=O) groups excluding carboxylic acids is 4. The van der Waals surface area contributed by atoms with E-state index in [0.717, 1.165) is 5.56 Å². The van der Waals surface area contributed by atoms with E-state index in [2.05, 4.69) is 0 Å². The fraction of sp³-hybridized carbons (Fsp3) is 0.267. The minimum Gasteiger partial charge on any atom is -0.468 e.